The highest BCUT2D eigenvalue weighted by Gasteiger charge is 2.51. The van der Waals surface area contributed by atoms with Crippen LogP contribution in [-0.4, -0.2) is 27.8 Å². The van der Waals surface area contributed by atoms with E-state index in [4.69, 9.17) is 5.73 Å². The maximum atomic E-state index is 12.8. The highest BCUT2D eigenvalue weighted by atomic mass is 16.2. The van der Waals surface area contributed by atoms with Gasteiger partial charge in [-0.25, -0.2) is 9.97 Å². The average Bonchev–Trinajstić information content (AvgIpc) is 2.47. The summed E-state index contributed by atoms with van der Waals surface area (Å²) < 4.78 is 0. The van der Waals surface area contributed by atoms with Crippen molar-refractivity contribution in [1.29, 1.82) is 0 Å². The van der Waals surface area contributed by atoms with Crippen LogP contribution in [0.2, 0.25) is 0 Å². The van der Waals surface area contributed by atoms with Gasteiger partial charge in [-0.1, -0.05) is 0 Å². The SMILES string of the molecule is CN(Cc1cnc(N)nc1)C(=O)CC12CC3CC(CC(C3)C1)C2. The molecule has 5 rings (SSSR count). The molecule has 0 aliphatic heterocycles. The predicted octanol–water partition coefficient (Wildman–Crippen LogP) is 2.62. The summed E-state index contributed by atoms with van der Waals surface area (Å²) in [6.45, 7) is 0.561. The standard InChI is InChI=1S/C18H26N4O/c1-22(11-15-9-20-17(19)21-10-15)16(23)8-18-5-12-2-13(6-18)4-14(3-12)7-18/h9-10,12-14H,2-8,11H2,1H3,(H2,19,20,21). The molecular weight excluding hydrogens is 288 g/mol. The van der Waals surface area contributed by atoms with Crippen LogP contribution in [0, 0.1) is 23.2 Å². The third-order valence-electron chi connectivity index (χ3n) is 6.26. The quantitative estimate of drug-likeness (QED) is 0.927. The van der Waals surface area contributed by atoms with E-state index in [1.165, 1.54) is 38.5 Å². The fourth-order valence-electron chi connectivity index (χ4n) is 5.77. The Kier molecular flexibility index (Phi) is 3.54. The van der Waals surface area contributed by atoms with Crippen LogP contribution in [0.15, 0.2) is 12.4 Å². The van der Waals surface area contributed by atoms with E-state index < -0.39 is 0 Å². The summed E-state index contributed by atoms with van der Waals surface area (Å²) in [4.78, 5) is 22.6. The van der Waals surface area contributed by atoms with E-state index in [9.17, 15) is 4.79 Å². The smallest absolute Gasteiger partial charge is 0.223 e. The van der Waals surface area contributed by atoms with Crippen molar-refractivity contribution in [1.82, 2.24) is 14.9 Å². The van der Waals surface area contributed by atoms with Crippen molar-refractivity contribution in [3.8, 4) is 0 Å². The molecule has 4 saturated carbocycles. The molecule has 0 aromatic carbocycles. The second-order valence-electron chi connectivity index (χ2n) is 8.29. The number of nitrogens with two attached hydrogens (primary N) is 1. The molecule has 0 saturated heterocycles. The van der Waals surface area contributed by atoms with E-state index in [2.05, 4.69) is 9.97 Å². The molecule has 1 aromatic rings. The fourth-order valence-corrected chi connectivity index (χ4v) is 5.77. The zero-order chi connectivity index (χ0) is 16.0. The number of carbonyl (C=O) groups excluding carboxylic acids is 1. The lowest BCUT2D eigenvalue weighted by molar-refractivity contribution is -0.138. The van der Waals surface area contributed by atoms with Gasteiger partial charge in [-0.15, -0.1) is 0 Å². The molecule has 5 nitrogen and oxygen atoms in total. The summed E-state index contributed by atoms with van der Waals surface area (Å²) in [7, 11) is 1.89. The maximum Gasteiger partial charge on any atom is 0.223 e. The second-order valence-corrected chi connectivity index (χ2v) is 8.29. The normalized spacial score (nSPS) is 34.6. The van der Waals surface area contributed by atoms with Crippen molar-refractivity contribution in [2.24, 2.45) is 23.2 Å². The summed E-state index contributed by atoms with van der Waals surface area (Å²) in [6.07, 6.45) is 12.2. The van der Waals surface area contributed by atoms with Crippen LogP contribution in [0.1, 0.15) is 50.5 Å². The van der Waals surface area contributed by atoms with Gasteiger partial charge >= 0.3 is 0 Å². The number of nitrogens with zero attached hydrogens (tertiary/aromatic N) is 3. The highest BCUT2D eigenvalue weighted by Crippen LogP contribution is 2.61. The van der Waals surface area contributed by atoms with Crippen LogP contribution >= 0.6 is 0 Å². The first-order chi connectivity index (χ1) is 11.0. The molecule has 5 heteroatoms. The molecule has 4 bridgehead atoms. The van der Waals surface area contributed by atoms with Crippen LogP contribution in [0.3, 0.4) is 0 Å². The summed E-state index contributed by atoms with van der Waals surface area (Å²) in [6, 6.07) is 0. The zero-order valence-corrected chi connectivity index (χ0v) is 13.9. The molecule has 1 heterocycles. The molecule has 0 radical (unpaired) electrons. The number of amides is 1. The maximum absolute atomic E-state index is 12.8. The van der Waals surface area contributed by atoms with Crippen molar-refractivity contribution in [3.63, 3.8) is 0 Å². The van der Waals surface area contributed by atoms with Crippen LogP contribution in [0.25, 0.3) is 0 Å². The van der Waals surface area contributed by atoms with Crippen molar-refractivity contribution < 1.29 is 4.79 Å². The minimum atomic E-state index is 0.267. The summed E-state index contributed by atoms with van der Waals surface area (Å²) in [5, 5.41) is 0. The summed E-state index contributed by atoms with van der Waals surface area (Å²) in [5.41, 5.74) is 6.74. The Balaban J connectivity index is 1.40. The fraction of sp³-hybridized carbons (Fsp3) is 0.722. The Morgan fingerprint density at radius 3 is 2.22 bits per heavy atom. The molecule has 1 aromatic heterocycles. The van der Waals surface area contributed by atoms with Crippen LogP contribution in [-0.2, 0) is 11.3 Å². The van der Waals surface area contributed by atoms with Gasteiger partial charge < -0.3 is 10.6 Å². The van der Waals surface area contributed by atoms with Gasteiger partial charge in [0.1, 0.15) is 0 Å². The van der Waals surface area contributed by atoms with Crippen LogP contribution in [0.4, 0.5) is 5.95 Å². The van der Waals surface area contributed by atoms with Crippen LogP contribution < -0.4 is 5.73 Å². The van der Waals surface area contributed by atoms with Crippen molar-refractivity contribution in [3.05, 3.63) is 18.0 Å². The van der Waals surface area contributed by atoms with E-state index in [-0.39, 0.29) is 11.9 Å². The third kappa shape index (κ3) is 2.93. The van der Waals surface area contributed by atoms with Gasteiger partial charge in [-0.2, -0.15) is 0 Å². The highest BCUT2D eigenvalue weighted by molar-refractivity contribution is 5.76. The Morgan fingerprint density at radius 2 is 1.70 bits per heavy atom. The molecule has 0 spiro atoms. The van der Waals surface area contributed by atoms with E-state index in [0.717, 1.165) is 29.7 Å². The van der Waals surface area contributed by atoms with Gasteiger partial charge in [0.25, 0.3) is 0 Å². The molecule has 1 amide bonds. The van der Waals surface area contributed by atoms with E-state index >= 15 is 0 Å². The number of hydrogen-bond acceptors (Lipinski definition) is 4. The van der Waals surface area contributed by atoms with Gasteiger partial charge in [-0.05, 0) is 61.7 Å². The van der Waals surface area contributed by atoms with Gasteiger partial charge in [0.15, 0.2) is 0 Å². The lowest BCUT2D eigenvalue weighted by atomic mass is 9.49. The number of rotatable bonds is 4. The minimum absolute atomic E-state index is 0.267. The molecule has 23 heavy (non-hydrogen) atoms. The Morgan fingerprint density at radius 1 is 1.17 bits per heavy atom. The van der Waals surface area contributed by atoms with E-state index in [0.29, 0.717) is 12.0 Å². The lowest BCUT2D eigenvalue weighted by Crippen LogP contribution is -2.48. The van der Waals surface area contributed by atoms with Crippen molar-refractivity contribution in [2.75, 3.05) is 12.8 Å². The predicted molar refractivity (Wildman–Crippen MR) is 88.1 cm³/mol. The number of nitrogen functional groups attached to an aromatic ring is 1. The number of hydrogen-bond donors (Lipinski definition) is 1. The molecule has 4 fully saturated rings. The minimum Gasteiger partial charge on any atom is -0.368 e. The molecule has 124 valence electrons. The average molecular weight is 314 g/mol. The van der Waals surface area contributed by atoms with Gasteiger partial charge in [-0.3, -0.25) is 4.79 Å². The first-order valence-electron chi connectivity index (χ1n) is 8.82. The first-order valence-corrected chi connectivity index (χ1v) is 8.82. The van der Waals surface area contributed by atoms with Gasteiger partial charge in [0.2, 0.25) is 11.9 Å². The third-order valence-corrected chi connectivity index (χ3v) is 6.26. The Labute approximate surface area is 137 Å². The van der Waals surface area contributed by atoms with Crippen molar-refractivity contribution in [2.45, 2.75) is 51.5 Å². The molecule has 2 N–H and O–H groups in total. The molecule has 4 aliphatic carbocycles. The van der Waals surface area contributed by atoms with Crippen LogP contribution in [0.5, 0.6) is 0 Å². The molecular formula is C18H26N4O. The Hall–Kier alpha value is -1.65. The van der Waals surface area contributed by atoms with Crippen molar-refractivity contribution >= 4 is 11.9 Å². The van der Waals surface area contributed by atoms with Gasteiger partial charge in [0.05, 0.1) is 0 Å². The largest absolute Gasteiger partial charge is 0.368 e. The molecule has 4 aliphatic rings. The first kappa shape index (κ1) is 14.9. The zero-order valence-electron chi connectivity index (χ0n) is 13.9. The second kappa shape index (κ2) is 5.46. The van der Waals surface area contributed by atoms with E-state index in [1.54, 1.807) is 12.4 Å². The van der Waals surface area contributed by atoms with Gasteiger partial charge in [0, 0.05) is 38.0 Å². The Bertz CT molecular complexity index is 562. The summed E-state index contributed by atoms with van der Waals surface area (Å²) >= 11 is 0. The monoisotopic (exact) mass is 314 g/mol. The summed E-state index contributed by atoms with van der Waals surface area (Å²) in [5.74, 6) is 3.22. The topological polar surface area (TPSA) is 72.1 Å². The molecule has 0 unspecified atom stereocenters. The van der Waals surface area contributed by atoms with E-state index in [1.807, 2.05) is 11.9 Å². The number of carbonyl (C=O) groups is 1. The number of anilines is 1. The molecule has 0 atom stereocenters. The number of aromatic nitrogens is 2. The lowest BCUT2D eigenvalue weighted by Gasteiger charge is -2.56.